The Morgan fingerprint density at radius 1 is 1.33 bits per heavy atom. The van der Waals surface area contributed by atoms with Crippen LogP contribution in [0.4, 0.5) is 18.9 Å². The van der Waals surface area contributed by atoms with Crippen molar-refractivity contribution in [1.29, 1.82) is 0 Å². The Kier molecular flexibility index (Phi) is 4.88. The van der Waals surface area contributed by atoms with E-state index in [-0.39, 0.29) is 18.7 Å². The third-order valence-corrected chi connectivity index (χ3v) is 2.89. The van der Waals surface area contributed by atoms with Gasteiger partial charge in [0.15, 0.2) is 0 Å². The van der Waals surface area contributed by atoms with Gasteiger partial charge in [-0.05, 0) is 32.9 Å². The molecule has 0 saturated carbocycles. The van der Waals surface area contributed by atoms with Gasteiger partial charge in [0.2, 0.25) is 0 Å². The Morgan fingerprint density at radius 2 is 1.90 bits per heavy atom. The molecule has 0 fully saturated rings. The van der Waals surface area contributed by atoms with Gasteiger partial charge in [0.25, 0.3) is 5.91 Å². The molecule has 4 nitrogen and oxygen atoms in total. The Balaban J connectivity index is 3.18. The lowest BCUT2D eigenvalue weighted by molar-refractivity contribution is -0.136. The van der Waals surface area contributed by atoms with Crippen LogP contribution in [0.2, 0.25) is 0 Å². The number of nitrogen functional groups attached to an aromatic ring is 1. The van der Waals surface area contributed by atoms with Crippen molar-refractivity contribution < 1.29 is 23.1 Å². The van der Waals surface area contributed by atoms with Crippen LogP contribution in [0.25, 0.3) is 0 Å². The highest BCUT2D eigenvalue weighted by atomic mass is 19.4. The average molecular weight is 304 g/mol. The maximum Gasteiger partial charge on any atom is 0.418 e. The predicted octanol–water partition coefficient (Wildman–Crippen LogP) is 2.52. The van der Waals surface area contributed by atoms with Crippen molar-refractivity contribution in [2.24, 2.45) is 0 Å². The molecule has 0 aromatic heterocycles. The van der Waals surface area contributed by atoms with E-state index in [4.69, 9.17) is 5.73 Å². The smallest absolute Gasteiger partial charge is 0.398 e. The maximum absolute atomic E-state index is 12.8. The van der Waals surface area contributed by atoms with E-state index >= 15 is 0 Å². The summed E-state index contributed by atoms with van der Waals surface area (Å²) in [7, 11) is 0. The van der Waals surface area contributed by atoms with Crippen LogP contribution in [0, 0.1) is 0 Å². The molecule has 1 aromatic carbocycles. The third-order valence-electron chi connectivity index (χ3n) is 2.89. The first-order valence-electron chi connectivity index (χ1n) is 6.44. The summed E-state index contributed by atoms with van der Waals surface area (Å²) in [5.74, 6) is -0.636. The minimum Gasteiger partial charge on any atom is -0.398 e. The van der Waals surface area contributed by atoms with Gasteiger partial charge < -0.3 is 15.7 Å². The second kappa shape index (κ2) is 5.93. The van der Waals surface area contributed by atoms with Crippen LogP contribution in [0.3, 0.4) is 0 Å². The molecule has 0 radical (unpaired) electrons. The third kappa shape index (κ3) is 4.35. The van der Waals surface area contributed by atoms with Crippen molar-refractivity contribution in [1.82, 2.24) is 4.90 Å². The van der Waals surface area contributed by atoms with E-state index in [0.717, 1.165) is 12.1 Å². The highest BCUT2D eigenvalue weighted by Gasteiger charge is 2.35. The van der Waals surface area contributed by atoms with Crippen LogP contribution >= 0.6 is 0 Å². The Morgan fingerprint density at radius 3 is 2.33 bits per heavy atom. The first kappa shape index (κ1) is 17.3. The van der Waals surface area contributed by atoms with E-state index in [0.29, 0.717) is 0 Å². The lowest BCUT2D eigenvalue weighted by Gasteiger charge is -2.28. The van der Waals surface area contributed by atoms with Crippen LogP contribution in [-0.2, 0) is 6.18 Å². The zero-order valence-corrected chi connectivity index (χ0v) is 12.2. The molecule has 21 heavy (non-hydrogen) atoms. The van der Waals surface area contributed by atoms with Crippen LogP contribution < -0.4 is 5.73 Å². The van der Waals surface area contributed by atoms with Gasteiger partial charge in [0.05, 0.1) is 22.4 Å². The Labute approximate surface area is 121 Å². The van der Waals surface area contributed by atoms with E-state index in [1.807, 2.05) is 0 Å². The minimum absolute atomic E-state index is 0.00197. The number of rotatable bonds is 4. The molecule has 0 atom stereocenters. The van der Waals surface area contributed by atoms with Crippen molar-refractivity contribution >= 4 is 11.6 Å². The number of alkyl halides is 3. The molecule has 0 aliphatic rings. The fraction of sp³-hybridized carbons (Fsp3) is 0.500. The first-order chi connectivity index (χ1) is 9.47. The number of carbonyl (C=O) groups is 1. The van der Waals surface area contributed by atoms with Crippen molar-refractivity contribution in [3.05, 3.63) is 29.3 Å². The van der Waals surface area contributed by atoms with Gasteiger partial charge in [0.1, 0.15) is 0 Å². The number of benzene rings is 1. The molecule has 0 bridgehead atoms. The van der Waals surface area contributed by atoms with Crippen LogP contribution in [-0.4, -0.2) is 34.6 Å². The van der Waals surface area contributed by atoms with Crippen molar-refractivity contribution in [2.45, 2.75) is 32.5 Å². The number of halogens is 3. The molecule has 0 aliphatic heterocycles. The molecule has 0 aliphatic carbocycles. The molecule has 0 saturated heterocycles. The van der Waals surface area contributed by atoms with Crippen LogP contribution in [0.1, 0.15) is 36.7 Å². The maximum atomic E-state index is 12.8. The van der Waals surface area contributed by atoms with Gasteiger partial charge in [0, 0.05) is 13.1 Å². The molecule has 1 amide bonds. The van der Waals surface area contributed by atoms with Crippen LogP contribution in [0.15, 0.2) is 18.2 Å². The monoisotopic (exact) mass is 304 g/mol. The Bertz CT molecular complexity index is 522. The highest BCUT2D eigenvalue weighted by Crippen LogP contribution is 2.35. The lowest BCUT2D eigenvalue weighted by Crippen LogP contribution is -2.42. The second-order valence-electron chi connectivity index (χ2n) is 5.40. The topological polar surface area (TPSA) is 66.6 Å². The zero-order valence-electron chi connectivity index (χ0n) is 12.2. The SMILES string of the molecule is CCN(CC(C)(C)O)C(=O)c1cccc(C(F)(F)F)c1N. The number of nitrogens with zero attached hydrogens (tertiary/aromatic N) is 1. The van der Waals surface area contributed by atoms with Gasteiger partial charge >= 0.3 is 6.18 Å². The molecular formula is C14H19F3N2O2. The first-order valence-corrected chi connectivity index (χ1v) is 6.44. The van der Waals surface area contributed by atoms with Gasteiger partial charge in [-0.2, -0.15) is 13.2 Å². The highest BCUT2D eigenvalue weighted by molar-refractivity contribution is 5.99. The molecule has 1 aromatic rings. The fourth-order valence-electron chi connectivity index (χ4n) is 1.96. The molecule has 0 heterocycles. The van der Waals surface area contributed by atoms with Crippen LogP contribution in [0.5, 0.6) is 0 Å². The second-order valence-corrected chi connectivity index (χ2v) is 5.40. The summed E-state index contributed by atoms with van der Waals surface area (Å²) in [5, 5.41) is 9.76. The molecule has 1 rings (SSSR count). The number of hydrogen-bond acceptors (Lipinski definition) is 3. The standard InChI is InChI=1S/C14H19F3N2O2/c1-4-19(8-13(2,3)21)12(20)9-6-5-7-10(11(9)18)14(15,16)17/h5-7,21H,4,8,18H2,1-3H3. The van der Waals surface area contributed by atoms with E-state index in [9.17, 15) is 23.1 Å². The van der Waals surface area contributed by atoms with Gasteiger partial charge in [-0.3, -0.25) is 4.79 Å². The normalized spacial score (nSPS) is 12.3. The lowest BCUT2D eigenvalue weighted by atomic mass is 10.0. The number of anilines is 1. The predicted molar refractivity (Wildman–Crippen MR) is 73.7 cm³/mol. The van der Waals surface area contributed by atoms with Crippen molar-refractivity contribution in [3.8, 4) is 0 Å². The summed E-state index contributed by atoms with van der Waals surface area (Å²) in [5.41, 5.74) is 2.51. The summed E-state index contributed by atoms with van der Waals surface area (Å²) in [6, 6.07) is 3.22. The van der Waals surface area contributed by atoms with E-state index in [1.54, 1.807) is 6.92 Å². The Hall–Kier alpha value is -1.76. The molecular weight excluding hydrogens is 285 g/mol. The van der Waals surface area contributed by atoms with Crippen molar-refractivity contribution in [3.63, 3.8) is 0 Å². The number of para-hydroxylation sites is 1. The summed E-state index contributed by atoms with van der Waals surface area (Å²) >= 11 is 0. The number of amides is 1. The zero-order chi connectivity index (χ0) is 16.4. The summed E-state index contributed by atoms with van der Waals surface area (Å²) in [6.07, 6.45) is -4.62. The quantitative estimate of drug-likeness (QED) is 0.840. The number of hydrogen-bond donors (Lipinski definition) is 2. The summed E-state index contributed by atoms with van der Waals surface area (Å²) in [6.45, 7) is 4.95. The largest absolute Gasteiger partial charge is 0.418 e. The number of aliphatic hydroxyl groups is 1. The summed E-state index contributed by atoms with van der Waals surface area (Å²) < 4.78 is 38.4. The molecule has 7 heteroatoms. The van der Waals surface area contributed by atoms with E-state index in [2.05, 4.69) is 0 Å². The van der Waals surface area contributed by atoms with Gasteiger partial charge in [-0.25, -0.2) is 0 Å². The van der Waals surface area contributed by atoms with Gasteiger partial charge in [-0.1, -0.05) is 6.07 Å². The number of likely N-dealkylation sites (N-methyl/N-ethyl adjacent to an activating group) is 1. The number of nitrogens with two attached hydrogens (primary N) is 1. The average Bonchev–Trinajstić information content (AvgIpc) is 2.33. The molecule has 0 unspecified atom stereocenters. The molecule has 3 N–H and O–H groups in total. The summed E-state index contributed by atoms with van der Waals surface area (Å²) in [4.78, 5) is 13.6. The van der Waals surface area contributed by atoms with E-state index in [1.165, 1.54) is 24.8 Å². The molecule has 118 valence electrons. The number of carbonyl (C=O) groups excluding carboxylic acids is 1. The van der Waals surface area contributed by atoms with E-state index < -0.39 is 28.9 Å². The fourth-order valence-corrected chi connectivity index (χ4v) is 1.96. The molecule has 0 spiro atoms. The minimum atomic E-state index is -4.62. The van der Waals surface area contributed by atoms with Gasteiger partial charge in [-0.15, -0.1) is 0 Å². The van der Waals surface area contributed by atoms with Crippen molar-refractivity contribution in [2.75, 3.05) is 18.8 Å².